The molecule has 8 nitrogen and oxygen atoms in total. The van der Waals surface area contributed by atoms with Crippen LogP contribution >= 0.6 is 0 Å². The third kappa shape index (κ3) is 4.32. The largest absolute Gasteiger partial charge is 0.497 e. The van der Waals surface area contributed by atoms with E-state index in [0.29, 0.717) is 35.7 Å². The molecule has 0 unspecified atom stereocenters. The predicted molar refractivity (Wildman–Crippen MR) is 109 cm³/mol. The molecule has 1 saturated heterocycles. The average molecular weight is 406 g/mol. The van der Waals surface area contributed by atoms with Crippen molar-refractivity contribution in [3.8, 4) is 17.1 Å². The first-order chi connectivity index (χ1) is 14.6. The summed E-state index contributed by atoms with van der Waals surface area (Å²) < 4.78 is 10.3. The van der Waals surface area contributed by atoms with Gasteiger partial charge in [0.2, 0.25) is 5.82 Å². The average Bonchev–Trinajstić information content (AvgIpc) is 3.23. The molecule has 2 amide bonds. The standard InChI is InChI=1S/C22H22N4O4/c1-29-18-5-2-4-17(14-18)19-24-21(30-25-19)20(27)23-11-10-15-6-8-16(9-7-15)22(28)26-12-3-13-26/h2,4-9,14H,3,10-13H2,1H3,(H,23,27). The summed E-state index contributed by atoms with van der Waals surface area (Å²) in [6.45, 7) is 2.08. The first-order valence-corrected chi connectivity index (χ1v) is 9.78. The van der Waals surface area contributed by atoms with Gasteiger partial charge in [0.1, 0.15) is 5.75 Å². The van der Waals surface area contributed by atoms with Gasteiger partial charge in [-0.2, -0.15) is 4.98 Å². The number of amides is 2. The lowest BCUT2D eigenvalue weighted by molar-refractivity contribution is 0.0651. The highest BCUT2D eigenvalue weighted by Crippen LogP contribution is 2.21. The van der Waals surface area contributed by atoms with Crippen LogP contribution < -0.4 is 10.1 Å². The molecule has 154 valence electrons. The van der Waals surface area contributed by atoms with Gasteiger partial charge in [-0.05, 0) is 42.7 Å². The molecule has 1 fully saturated rings. The molecule has 2 aromatic carbocycles. The fraction of sp³-hybridized carbons (Fsp3) is 0.273. The molecule has 0 radical (unpaired) electrons. The van der Waals surface area contributed by atoms with Gasteiger partial charge in [0.25, 0.3) is 5.91 Å². The maximum absolute atomic E-state index is 12.3. The summed E-state index contributed by atoms with van der Waals surface area (Å²) in [7, 11) is 1.58. The summed E-state index contributed by atoms with van der Waals surface area (Å²) in [5.74, 6) is 0.538. The highest BCUT2D eigenvalue weighted by Gasteiger charge is 2.21. The molecule has 4 rings (SSSR count). The Morgan fingerprint density at radius 1 is 1.17 bits per heavy atom. The molecule has 1 aliphatic heterocycles. The van der Waals surface area contributed by atoms with Crippen molar-refractivity contribution in [1.29, 1.82) is 0 Å². The maximum atomic E-state index is 12.3. The first-order valence-electron chi connectivity index (χ1n) is 9.78. The Balaban J connectivity index is 1.29. The minimum Gasteiger partial charge on any atom is -0.497 e. The lowest BCUT2D eigenvalue weighted by Crippen LogP contribution is -2.41. The molecule has 0 bridgehead atoms. The molecule has 1 aromatic heterocycles. The number of nitrogens with zero attached hydrogens (tertiary/aromatic N) is 3. The van der Waals surface area contributed by atoms with E-state index in [1.54, 1.807) is 13.2 Å². The molecule has 0 spiro atoms. The van der Waals surface area contributed by atoms with Gasteiger partial charge in [-0.3, -0.25) is 9.59 Å². The number of hydrogen-bond acceptors (Lipinski definition) is 6. The van der Waals surface area contributed by atoms with Crippen LogP contribution in [0.3, 0.4) is 0 Å². The summed E-state index contributed by atoms with van der Waals surface area (Å²) in [5.41, 5.74) is 2.42. The minimum atomic E-state index is -0.429. The van der Waals surface area contributed by atoms with Gasteiger partial charge in [-0.15, -0.1) is 0 Å². The van der Waals surface area contributed by atoms with Crippen LogP contribution in [0.5, 0.6) is 5.75 Å². The Morgan fingerprint density at radius 3 is 2.67 bits per heavy atom. The topological polar surface area (TPSA) is 97.6 Å². The van der Waals surface area contributed by atoms with Crippen LogP contribution in [-0.4, -0.2) is 53.6 Å². The van der Waals surface area contributed by atoms with E-state index in [1.807, 2.05) is 47.4 Å². The fourth-order valence-corrected chi connectivity index (χ4v) is 3.11. The van der Waals surface area contributed by atoms with Gasteiger partial charge in [0.05, 0.1) is 7.11 Å². The van der Waals surface area contributed by atoms with Crippen molar-refractivity contribution in [2.24, 2.45) is 0 Å². The van der Waals surface area contributed by atoms with Crippen molar-refractivity contribution in [3.63, 3.8) is 0 Å². The molecular formula is C22H22N4O4. The molecule has 1 N–H and O–H groups in total. The summed E-state index contributed by atoms with van der Waals surface area (Å²) in [4.78, 5) is 30.4. The van der Waals surface area contributed by atoms with Crippen LogP contribution in [-0.2, 0) is 6.42 Å². The second-order valence-corrected chi connectivity index (χ2v) is 7.00. The van der Waals surface area contributed by atoms with Gasteiger partial charge in [0, 0.05) is 30.8 Å². The molecule has 3 aromatic rings. The first kappa shape index (κ1) is 19.6. The van der Waals surface area contributed by atoms with E-state index < -0.39 is 5.91 Å². The number of nitrogens with one attached hydrogen (secondary N) is 1. The second kappa shape index (κ2) is 8.77. The van der Waals surface area contributed by atoms with E-state index in [-0.39, 0.29) is 11.8 Å². The van der Waals surface area contributed by atoms with Crippen molar-refractivity contribution < 1.29 is 18.8 Å². The lowest BCUT2D eigenvalue weighted by atomic mass is 10.1. The number of likely N-dealkylation sites (tertiary alicyclic amines) is 1. The number of methoxy groups -OCH3 is 1. The number of hydrogen-bond donors (Lipinski definition) is 1. The zero-order chi connectivity index (χ0) is 20.9. The zero-order valence-electron chi connectivity index (χ0n) is 16.6. The fourth-order valence-electron chi connectivity index (χ4n) is 3.11. The van der Waals surface area contributed by atoms with Crippen molar-refractivity contribution >= 4 is 11.8 Å². The normalized spacial score (nSPS) is 12.9. The molecular weight excluding hydrogens is 384 g/mol. The van der Waals surface area contributed by atoms with Crippen molar-refractivity contribution in [1.82, 2.24) is 20.4 Å². The Morgan fingerprint density at radius 2 is 1.97 bits per heavy atom. The van der Waals surface area contributed by atoms with Crippen LogP contribution in [0.4, 0.5) is 0 Å². The van der Waals surface area contributed by atoms with Gasteiger partial charge < -0.3 is 19.5 Å². The van der Waals surface area contributed by atoms with Crippen LogP contribution in [0.1, 0.15) is 33.0 Å². The Hall–Kier alpha value is -3.68. The smallest absolute Gasteiger partial charge is 0.316 e. The Bertz CT molecular complexity index is 1040. The SMILES string of the molecule is COc1cccc(-c2noc(C(=O)NCCc3ccc(C(=O)N4CCC4)cc3)n2)c1. The summed E-state index contributed by atoms with van der Waals surface area (Å²) in [6.07, 6.45) is 1.70. The predicted octanol–water partition coefficient (Wildman–Crippen LogP) is 2.56. The number of ether oxygens (including phenoxy) is 1. The number of carbonyl (C=O) groups excluding carboxylic acids is 2. The van der Waals surface area contributed by atoms with E-state index in [9.17, 15) is 9.59 Å². The van der Waals surface area contributed by atoms with E-state index in [1.165, 1.54) is 0 Å². The molecule has 0 atom stereocenters. The number of benzene rings is 2. The number of rotatable bonds is 7. The molecule has 0 saturated carbocycles. The van der Waals surface area contributed by atoms with Gasteiger partial charge in [-0.1, -0.05) is 29.4 Å². The van der Waals surface area contributed by atoms with E-state index >= 15 is 0 Å². The quantitative estimate of drug-likeness (QED) is 0.648. The second-order valence-electron chi connectivity index (χ2n) is 7.00. The minimum absolute atomic E-state index is 0.0735. The van der Waals surface area contributed by atoms with E-state index in [4.69, 9.17) is 9.26 Å². The lowest BCUT2D eigenvalue weighted by Gasteiger charge is -2.30. The molecule has 0 aliphatic carbocycles. The highest BCUT2D eigenvalue weighted by atomic mass is 16.5. The maximum Gasteiger partial charge on any atom is 0.316 e. The zero-order valence-corrected chi connectivity index (χ0v) is 16.6. The molecule has 30 heavy (non-hydrogen) atoms. The van der Waals surface area contributed by atoms with Crippen molar-refractivity contribution in [2.45, 2.75) is 12.8 Å². The van der Waals surface area contributed by atoms with Gasteiger partial charge in [-0.25, -0.2) is 0 Å². The van der Waals surface area contributed by atoms with Gasteiger partial charge >= 0.3 is 11.8 Å². The third-order valence-electron chi connectivity index (χ3n) is 4.99. The van der Waals surface area contributed by atoms with E-state index in [2.05, 4.69) is 15.5 Å². The third-order valence-corrected chi connectivity index (χ3v) is 4.99. The Kier molecular flexibility index (Phi) is 5.74. The van der Waals surface area contributed by atoms with Crippen molar-refractivity contribution in [3.05, 3.63) is 65.5 Å². The van der Waals surface area contributed by atoms with Crippen LogP contribution in [0.15, 0.2) is 53.1 Å². The molecule has 8 heteroatoms. The van der Waals surface area contributed by atoms with Crippen LogP contribution in [0.25, 0.3) is 11.4 Å². The monoisotopic (exact) mass is 406 g/mol. The Labute approximate surface area is 173 Å². The molecule has 1 aliphatic rings. The summed E-state index contributed by atoms with van der Waals surface area (Å²) >= 11 is 0. The van der Waals surface area contributed by atoms with Crippen LogP contribution in [0.2, 0.25) is 0 Å². The van der Waals surface area contributed by atoms with Crippen LogP contribution in [0, 0.1) is 0 Å². The summed E-state index contributed by atoms with van der Waals surface area (Å²) in [5, 5.41) is 6.64. The van der Waals surface area contributed by atoms with Crippen molar-refractivity contribution in [2.75, 3.05) is 26.7 Å². The molecule has 2 heterocycles. The summed E-state index contributed by atoms with van der Waals surface area (Å²) in [6, 6.07) is 14.7. The van der Waals surface area contributed by atoms with E-state index in [0.717, 1.165) is 25.1 Å². The highest BCUT2D eigenvalue weighted by molar-refractivity contribution is 5.94. The number of carbonyl (C=O) groups is 2. The number of aromatic nitrogens is 2. The van der Waals surface area contributed by atoms with Gasteiger partial charge in [0.15, 0.2) is 0 Å².